The van der Waals surface area contributed by atoms with E-state index < -0.39 is 17.4 Å². The average molecular weight is 414 g/mol. The molecule has 5 heterocycles. The van der Waals surface area contributed by atoms with Gasteiger partial charge in [0.2, 0.25) is 11.8 Å². The van der Waals surface area contributed by atoms with Gasteiger partial charge in [0.15, 0.2) is 0 Å². The lowest BCUT2D eigenvalue weighted by atomic mass is 9.75. The molecule has 1 spiro atoms. The largest absolute Gasteiger partial charge is 0.467 e. The number of hydrogen-bond donors (Lipinski definition) is 2. The number of rotatable bonds is 4. The van der Waals surface area contributed by atoms with Crippen LogP contribution in [0.3, 0.4) is 0 Å². The zero-order valence-corrected chi connectivity index (χ0v) is 18.1. The molecule has 1 aromatic rings. The van der Waals surface area contributed by atoms with Crippen LogP contribution >= 0.6 is 0 Å². The first kappa shape index (κ1) is 19.8. The predicted octanol–water partition coefficient (Wildman–Crippen LogP) is 1.99. The first-order valence-electron chi connectivity index (χ1n) is 10.9. The Bertz CT molecular complexity index is 874. The Hall–Kier alpha value is -2.12. The van der Waals surface area contributed by atoms with Gasteiger partial charge in [0, 0.05) is 17.1 Å². The Morgan fingerprint density at radius 3 is 2.67 bits per heavy atom. The summed E-state index contributed by atoms with van der Waals surface area (Å²) in [5.41, 5.74) is -0.812. The highest BCUT2D eigenvalue weighted by Gasteiger charge is 2.67. The van der Waals surface area contributed by atoms with E-state index in [2.05, 4.69) is 38.3 Å². The van der Waals surface area contributed by atoms with E-state index in [0.29, 0.717) is 13.1 Å². The van der Waals surface area contributed by atoms with Crippen LogP contribution < -0.4 is 10.6 Å². The number of fused-ring (bicyclic) bond motifs is 1. The van der Waals surface area contributed by atoms with Crippen LogP contribution in [0.1, 0.15) is 46.3 Å². The molecule has 4 atom stereocenters. The number of ether oxygens (including phenoxy) is 1. The number of amides is 2. The molecule has 2 bridgehead atoms. The molecule has 2 N–H and O–H groups in total. The maximum absolute atomic E-state index is 13.4. The maximum Gasteiger partial charge on any atom is 0.230 e. The Morgan fingerprint density at radius 1 is 1.27 bits per heavy atom. The fraction of sp³-hybridized carbons (Fsp3) is 0.652. The summed E-state index contributed by atoms with van der Waals surface area (Å²) in [6.45, 7) is 9.52. The molecule has 7 nitrogen and oxygen atoms in total. The maximum atomic E-state index is 13.4. The van der Waals surface area contributed by atoms with Gasteiger partial charge in [0.05, 0.1) is 37.3 Å². The predicted molar refractivity (Wildman–Crippen MR) is 110 cm³/mol. The van der Waals surface area contributed by atoms with Gasteiger partial charge >= 0.3 is 0 Å². The zero-order chi connectivity index (χ0) is 21.3. The van der Waals surface area contributed by atoms with Gasteiger partial charge in [-0.25, -0.2) is 0 Å². The quantitative estimate of drug-likeness (QED) is 0.738. The van der Waals surface area contributed by atoms with Crippen LogP contribution in [-0.4, -0.2) is 52.1 Å². The Kier molecular flexibility index (Phi) is 4.25. The van der Waals surface area contributed by atoms with E-state index in [4.69, 9.17) is 9.15 Å². The summed E-state index contributed by atoms with van der Waals surface area (Å²) in [6, 6.07) is 3.74. The van der Waals surface area contributed by atoms with Gasteiger partial charge < -0.3 is 24.7 Å². The van der Waals surface area contributed by atoms with Crippen molar-refractivity contribution in [2.75, 3.05) is 6.54 Å². The number of piperidine rings is 1. The van der Waals surface area contributed by atoms with Crippen LogP contribution in [0, 0.1) is 11.8 Å². The van der Waals surface area contributed by atoms with E-state index in [1.54, 1.807) is 11.2 Å². The first-order valence-corrected chi connectivity index (χ1v) is 10.9. The van der Waals surface area contributed by atoms with E-state index in [1.807, 2.05) is 24.3 Å². The molecule has 7 heteroatoms. The van der Waals surface area contributed by atoms with E-state index in [1.165, 1.54) is 0 Å². The number of likely N-dealkylation sites (tertiary alicyclic amines) is 1. The van der Waals surface area contributed by atoms with Crippen LogP contribution in [-0.2, 0) is 20.9 Å². The second kappa shape index (κ2) is 6.44. The monoisotopic (exact) mass is 413 g/mol. The topological polar surface area (TPSA) is 83.8 Å². The lowest BCUT2D eigenvalue weighted by Crippen LogP contribution is -2.62. The lowest BCUT2D eigenvalue weighted by molar-refractivity contribution is -0.138. The fourth-order valence-corrected chi connectivity index (χ4v) is 6.32. The van der Waals surface area contributed by atoms with Crippen molar-refractivity contribution < 1.29 is 18.7 Å². The molecule has 3 saturated heterocycles. The lowest BCUT2D eigenvalue weighted by Gasteiger charge is -2.47. The number of carbonyl (C=O) groups excluding carboxylic acids is 2. The van der Waals surface area contributed by atoms with Crippen LogP contribution in [0.5, 0.6) is 0 Å². The second-order valence-electron chi connectivity index (χ2n) is 10.7. The SMILES string of the molecule is CC1(C)CC(NC(=O)[C@H]2[C@H]3C(=O)N(Cc4ccco4)C[C@@]34C=C[C@H]2O4)CC(C)(C)N1. The zero-order valence-electron chi connectivity index (χ0n) is 18.1. The summed E-state index contributed by atoms with van der Waals surface area (Å²) in [5.74, 6) is -0.305. The molecule has 4 aliphatic rings. The molecule has 0 aromatic carbocycles. The van der Waals surface area contributed by atoms with E-state index >= 15 is 0 Å². The first-order chi connectivity index (χ1) is 14.1. The van der Waals surface area contributed by atoms with Gasteiger partial charge in [-0.3, -0.25) is 9.59 Å². The molecule has 0 unspecified atom stereocenters. The Balaban J connectivity index is 1.33. The second-order valence-corrected chi connectivity index (χ2v) is 10.7. The van der Waals surface area contributed by atoms with Crippen molar-refractivity contribution in [1.82, 2.24) is 15.5 Å². The minimum Gasteiger partial charge on any atom is -0.467 e. The van der Waals surface area contributed by atoms with Gasteiger partial charge in [0.25, 0.3) is 0 Å². The van der Waals surface area contributed by atoms with Gasteiger partial charge in [-0.05, 0) is 52.7 Å². The molecular weight excluding hydrogens is 382 g/mol. The van der Waals surface area contributed by atoms with Gasteiger partial charge in [-0.15, -0.1) is 0 Å². The minimum absolute atomic E-state index is 0.0237. The van der Waals surface area contributed by atoms with Gasteiger partial charge in [-0.1, -0.05) is 12.2 Å². The number of hydrogen-bond acceptors (Lipinski definition) is 5. The average Bonchev–Trinajstić information content (AvgIpc) is 3.35. The van der Waals surface area contributed by atoms with E-state index in [-0.39, 0.29) is 35.0 Å². The molecule has 5 rings (SSSR count). The van der Waals surface area contributed by atoms with Crippen molar-refractivity contribution in [1.29, 1.82) is 0 Å². The summed E-state index contributed by atoms with van der Waals surface area (Å²) >= 11 is 0. The molecule has 4 aliphatic heterocycles. The van der Waals surface area contributed by atoms with Crippen LogP contribution in [0.2, 0.25) is 0 Å². The third-order valence-corrected chi connectivity index (χ3v) is 6.94. The van der Waals surface area contributed by atoms with Crippen molar-refractivity contribution >= 4 is 11.8 Å². The molecule has 2 amide bonds. The van der Waals surface area contributed by atoms with Crippen molar-refractivity contribution in [2.45, 2.75) is 75.9 Å². The standard InChI is InChI=1S/C23H31N3O4/c1-21(2)10-14(11-22(3,4)25-21)24-19(27)17-16-7-8-23(30-16)13-26(20(28)18(17)23)12-15-6-5-9-29-15/h5-9,14,16-18,25H,10-13H2,1-4H3,(H,24,27)/t16-,17-,18+,23+/m1/s1. The van der Waals surface area contributed by atoms with Crippen LogP contribution in [0.25, 0.3) is 0 Å². The van der Waals surface area contributed by atoms with E-state index in [9.17, 15) is 9.59 Å². The number of nitrogens with zero attached hydrogens (tertiary/aromatic N) is 1. The molecule has 30 heavy (non-hydrogen) atoms. The molecule has 162 valence electrons. The Labute approximate surface area is 177 Å². The minimum atomic E-state index is -0.691. The summed E-state index contributed by atoms with van der Waals surface area (Å²) < 4.78 is 11.6. The third kappa shape index (κ3) is 3.19. The molecular formula is C23H31N3O4. The van der Waals surface area contributed by atoms with Crippen LogP contribution in [0.4, 0.5) is 0 Å². The Morgan fingerprint density at radius 2 is 2.00 bits per heavy atom. The molecule has 0 radical (unpaired) electrons. The number of furan rings is 1. The highest BCUT2D eigenvalue weighted by atomic mass is 16.5. The van der Waals surface area contributed by atoms with Crippen molar-refractivity contribution in [3.8, 4) is 0 Å². The highest BCUT2D eigenvalue weighted by Crippen LogP contribution is 2.52. The molecule has 3 fully saturated rings. The van der Waals surface area contributed by atoms with Crippen molar-refractivity contribution in [3.05, 3.63) is 36.3 Å². The molecule has 0 aliphatic carbocycles. The summed E-state index contributed by atoms with van der Waals surface area (Å²) in [4.78, 5) is 28.4. The highest BCUT2D eigenvalue weighted by molar-refractivity contribution is 5.93. The van der Waals surface area contributed by atoms with E-state index in [0.717, 1.165) is 18.6 Å². The third-order valence-electron chi connectivity index (χ3n) is 6.94. The van der Waals surface area contributed by atoms with Crippen molar-refractivity contribution in [2.24, 2.45) is 11.8 Å². The summed E-state index contributed by atoms with van der Waals surface area (Å²) in [5, 5.41) is 6.91. The smallest absolute Gasteiger partial charge is 0.230 e. The van der Waals surface area contributed by atoms with Gasteiger partial charge in [-0.2, -0.15) is 0 Å². The van der Waals surface area contributed by atoms with Gasteiger partial charge in [0.1, 0.15) is 11.4 Å². The molecule has 1 aromatic heterocycles. The van der Waals surface area contributed by atoms with Crippen LogP contribution in [0.15, 0.2) is 35.0 Å². The van der Waals surface area contributed by atoms with Crippen molar-refractivity contribution in [3.63, 3.8) is 0 Å². The fourth-order valence-electron chi connectivity index (χ4n) is 6.32. The molecule has 0 saturated carbocycles. The number of nitrogens with one attached hydrogen (secondary N) is 2. The number of carbonyl (C=O) groups is 2. The normalized spacial score (nSPS) is 36.3. The summed E-state index contributed by atoms with van der Waals surface area (Å²) in [6.07, 6.45) is 6.93. The summed E-state index contributed by atoms with van der Waals surface area (Å²) in [7, 11) is 0.